The molecule has 6 heteroatoms. The Hall–Kier alpha value is -0.980. The van der Waals surface area contributed by atoms with Crippen molar-refractivity contribution in [3.63, 3.8) is 0 Å². The number of benzene rings is 1. The average Bonchev–Trinajstić information content (AvgIpc) is 2.32. The van der Waals surface area contributed by atoms with Crippen LogP contribution in [0.5, 0.6) is 0 Å². The SMILES string of the molecule is Cc1ccc(F)cc1S(=O)(=O)NCCCCCO. The topological polar surface area (TPSA) is 66.4 Å². The van der Waals surface area contributed by atoms with Gasteiger partial charge in [0.2, 0.25) is 10.0 Å². The quantitative estimate of drug-likeness (QED) is 0.742. The van der Waals surface area contributed by atoms with E-state index < -0.39 is 15.8 Å². The first-order chi connectivity index (χ1) is 8.47. The molecule has 0 amide bonds. The van der Waals surface area contributed by atoms with Crippen molar-refractivity contribution in [3.05, 3.63) is 29.6 Å². The molecule has 2 N–H and O–H groups in total. The molecule has 0 radical (unpaired) electrons. The molecule has 1 aromatic rings. The minimum atomic E-state index is -3.65. The first-order valence-electron chi connectivity index (χ1n) is 5.84. The van der Waals surface area contributed by atoms with Crippen LogP contribution in [0.2, 0.25) is 0 Å². The van der Waals surface area contributed by atoms with Gasteiger partial charge in [-0.1, -0.05) is 6.07 Å². The zero-order valence-corrected chi connectivity index (χ0v) is 11.1. The van der Waals surface area contributed by atoms with E-state index in [1.165, 1.54) is 12.1 Å². The molecule has 0 unspecified atom stereocenters. The van der Waals surface area contributed by atoms with Crippen LogP contribution in [0.25, 0.3) is 0 Å². The fourth-order valence-corrected chi connectivity index (χ4v) is 2.89. The fraction of sp³-hybridized carbons (Fsp3) is 0.500. The van der Waals surface area contributed by atoms with Gasteiger partial charge in [0.05, 0.1) is 4.90 Å². The van der Waals surface area contributed by atoms with E-state index in [1.54, 1.807) is 6.92 Å². The van der Waals surface area contributed by atoms with E-state index in [1.807, 2.05) is 0 Å². The number of nitrogens with one attached hydrogen (secondary N) is 1. The zero-order chi connectivity index (χ0) is 13.6. The van der Waals surface area contributed by atoms with Crippen LogP contribution in [0, 0.1) is 12.7 Å². The molecule has 102 valence electrons. The van der Waals surface area contributed by atoms with Gasteiger partial charge in [-0.3, -0.25) is 0 Å². The minimum absolute atomic E-state index is 0.0235. The zero-order valence-electron chi connectivity index (χ0n) is 10.3. The molecule has 0 fully saturated rings. The summed E-state index contributed by atoms with van der Waals surface area (Å²) in [6.45, 7) is 2.02. The van der Waals surface area contributed by atoms with Crippen LogP contribution in [-0.2, 0) is 10.0 Å². The van der Waals surface area contributed by atoms with Crippen molar-refractivity contribution in [1.82, 2.24) is 4.72 Å². The Morgan fingerprint density at radius 2 is 2.00 bits per heavy atom. The summed E-state index contributed by atoms with van der Waals surface area (Å²) in [6.07, 6.45) is 2.05. The van der Waals surface area contributed by atoms with Gasteiger partial charge in [-0.25, -0.2) is 17.5 Å². The fourth-order valence-electron chi connectivity index (χ4n) is 1.56. The van der Waals surface area contributed by atoms with Crippen molar-refractivity contribution in [2.45, 2.75) is 31.1 Å². The van der Waals surface area contributed by atoms with Gasteiger partial charge < -0.3 is 5.11 Å². The molecule has 0 aliphatic rings. The standard InChI is InChI=1S/C12H18FNO3S/c1-10-5-6-11(13)9-12(10)18(16,17)14-7-3-2-4-8-15/h5-6,9,14-15H,2-4,7-8H2,1H3. The third-order valence-corrected chi connectivity index (χ3v) is 4.17. The van der Waals surface area contributed by atoms with Gasteiger partial charge in [0.15, 0.2) is 0 Å². The monoisotopic (exact) mass is 275 g/mol. The summed E-state index contributed by atoms with van der Waals surface area (Å²) in [5, 5.41) is 8.59. The molecular weight excluding hydrogens is 257 g/mol. The highest BCUT2D eigenvalue weighted by molar-refractivity contribution is 7.89. The molecule has 4 nitrogen and oxygen atoms in total. The first-order valence-corrected chi connectivity index (χ1v) is 7.32. The third kappa shape index (κ3) is 4.36. The van der Waals surface area contributed by atoms with Gasteiger partial charge >= 0.3 is 0 Å². The number of halogens is 1. The third-order valence-electron chi connectivity index (χ3n) is 2.57. The van der Waals surface area contributed by atoms with E-state index >= 15 is 0 Å². The summed E-state index contributed by atoms with van der Waals surface area (Å²) in [5.74, 6) is -0.568. The molecule has 0 bridgehead atoms. The Balaban J connectivity index is 2.66. The van der Waals surface area contributed by atoms with Gasteiger partial charge in [-0.05, 0) is 43.9 Å². The van der Waals surface area contributed by atoms with E-state index in [0.29, 0.717) is 18.4 Å². The number of hydrogen-bond donors (Lipinski definition) is 2. The molecular formula is C12H18FNO3S. The van der Waals surface area contributed by atoms with Crippen molar-refractivity contribution >= 4 is 10.0 Å². The Kier molecular flexibility index (Phi) is 5.71. The Morgan fingerprint density at radius 1 is 1.28 bits per heavy atom. The Morgan fingerprint density at radius 3 is 2.67 bits per heavy atom. The van der Waals surface area contributed by atoms with E-state index in [4.69, 9.17) is 5.11 Å². The second-order valence-corrected chi connectivity index (χ2v) is 5.83. The summed E-state index contributed by atoms with van der Waals surface area (Å²) < 4.78 is 39.3. The van der Waals surface area contributed by atoms with Gasteiger partial charge in [0.25, 0.3) is 0 Å². The van der Waals surface area contributed by atoms with Gasteiger partial charge in [0.1, 0.15) is 5.82 Å². The normalized spacial score (nSPS) is 11.7. The summed E-state index contributed by atoms with van der Waals surface area (Å²) in [5.41, 5.74) is 0.513. The number of hydrogen-bond acceptors (Lipinski definition) is 3. The van der Waals surface area contributed by atoms with Crippen LogP contribution < -0.4 is 4.72 Å². The van der Waals surface area contributed by atoms with Crippen LogP contribution >= 0.6 is 0 Å². The van der Waals surface area contributed by atoms with Gasteiger partial charge in [-0.15, -0.1) is 0 Å². The highest BCUT2D eigenvalue weighted by atomic mass is 32.2. The average molecular weight is 275 g/mol. The summed E-state index contributed by atoms with van der Waals surface area (Å²) in [7, 11) is -3.65. The molecule has 0 aromatic heterocycles. The number of unbranched alkanes of at least 4 members (excludes halogenated alkanes) is 2. The van der Waals surface area contributed by atoms with Gasteiger partial charge in [0, 0.05) is 13.2 Å². The molecule has 0 aliphatic heterocycles. The van der Waals surface area contributed by atoms with Crippen molar-refractivity contribution in [2.75, 3.05) is 13.2 Å². The predicted octanol–water partition coefficient (Wildman–Crippen LogP) is 1.58. The van der Waals surface area contributed by atoms with Crippen molar-refractivity contribution in [3.8, 4) is 0 Å². The minimum Gasteiger partial charge on any atom is -0.396 e. The van der Waals surface area contributed by atoms with Crippen molar-refractivity contribution < 1.29 is 17.9 Å². The van der Waals surface area contributed by atoms with E-state index in [0.717, 1.165) is 12.5 Å². The number of aryl methyl sites for hydroxylation is 1. The number of aliphatic hydroxyl groups is 1. The smallest absolute Gasteiger partial charge is 0.240 e. The second kappa shape index (κ2) is 6.82. The van der Waals surface area contributed by atoms with E-state index in [9.17, 15) is 12.8 Å². The lowest BCUT2D eigenvalue weighted by Crippen LogP contribution is -2.25. The largest absolute Gasteiger partial charge is 0.396 e. The second-order valence-electron chi connectivity index (χ2n) is 4.09. The van der Waals surface area contributed by atoms with Crippen molar-refractivity contribution in [2.24, 2.45) is 0 Å². The van der Waals surface area contributed by atoms with Crippen LogP contribution in [0.15, 0.2) is 23.1 Å². The molecule has 0 aliphatic carbocycles. The molecule has 0 saturated heterocycles. The number of rotatable bonds is 7. The van der Waals surface area contributed by atoms with Crippen molar-refractivity contribution in [1.29, 1.82) is 0 Å². The molecule has 0 spiro atoms. The maximum Gasteiger partial charge on any atom is 0.240 e. The Bertz CT molecular complexity index is 488. The molecule has 0 saturated carbocycles. The van der Waals surface area contributed by atoms with Gasteiger partial charge in [-0.2, -0.15) is 0 Å². The first kappa shape index (κ1) is 15.1. The lowest BCUT2D eigenvalue weighted by atomic mass is 10.2. The molecule has 0 heterocycles. The lowest BCUT2D eigenvalue weighted by Gasteiger charge is -2.09. The number of sulfonamides is 1. The lowest BCUT2D eigenvalue weighted by molar-refractivity contribution is 0.283. The molecule has 1 rings (SSSR count). The van der Waals surface area contributed by atoms with Crippen LogP contribution in [0.4, 0.5) is 4.39 Å². The maximum absolute atomic E-state index is 13.0. The van der Waals surface area contributed by atoms with Crippen LogP contribution in [-0.4, -0.2) is 26.7 Å². The van der Waals surface area contributed by atoms with E-state index in [-0.39, 0.29) is 18.0 Å². The van der Waals surface area contributed by atoms with E-state index in [2.05, 4.69) is 4.72 Å². The number of aliphatic hydroxyl groups excluding tert-OH is 1. The highest BCUT2D eigenvalue weighted by Gasteiger charge is 2.16. The summed E-state index contributed by atoms with van der Waals surface area (Å²) >= 11 is 0. The van der Waals surface area contributed by atoms with Crippen LogP contribution in [0.3, 0.4) is 0 Å². The molecule has 18 heavy (non-hydrogen) atoms. The Labute approximate surface area is 107 Å². The summed E-state index contributed by atoms with van der Waals surface area (Å²) in [6, 6.07) is 3.69. The highest BCUT2D eigenvalue weighted by Crippen LogP contribution is 2.16. The van der Waals surface area contributed by atoms with Crippen LogP contribution in [0.1, 0.15) is 24.8 Å². The molecule has 1 aromatic carbocycles. The predicted molar refractivity (Wildman–Crippen MR) is 67.3 cm³/mol. The summed E-state index contributed by atoms with van der Waals surface area (Å²) in [4.78, 5) is -0.0235. The maximum atomic E-state index is 13.0. The molecule has 0 atom stereocenters.